The van der Waals surface area contributed by atoms with Crippen molar-refractivity contribution in [1.29, 1.82) is 0 Å². The molecule has 0 spiro atoms. The Morgan fingerprint density at radius 2 is 2.18 bits per heavy atom. The second kappa shape index (κ2) is 12.1. The van der Waals surface area contributed by atoms with E-state index in [1.165, 1.54) is 5.56 Å². The number of rotatable bonds is 8. The number of carbonyl (C=O) groups is 1. The Bertz CT molecular complexity index is 1100. The summed E-state index contributed by atoms with van der Waals surface area (Å²) >= 11 is 0. The van der Waals surface area contributed by atoms with Crippen LogP contribution in [-0.4, -0.2) is 90.2 Å². The van der Waals surface area contributed by atoms with Gasteiger partial charge in [-0.15, -0.1) is 0 Å². The standard InChI is InChI=1S/C31H45N5O3/c1-22-12-13-26(39-3)25(19-22)33-16-14-24-20-32-17-18-35(24)30(37)28-29(23-9-5-4-6-10-23)36(21-34-28)27-11-7-8-15-31(27,2)38/h4-6,9,12-13,19,21,23-24,27-29,32-33,38H,7-8,10-11,14-18,20H2,1-3H3/t23-,24+,27+,28?,29?,31-/m0/s1. The summed E-state index contributed by atoms with van der Waals surface area (Å²) in [5.41, 5.74) is 1.37. The zero-order valence-corrected chi connectivity index (χ0v) is 23.7. The van der Waals surface area contributed by atoms with E-state index >= 15 is 0 Å². The van der Waals surface area contributed by atoms with E-state index in [-0.39, 0.29) is 30.0 Å². The van der Waals surface area contributed by atoms with Crippen molar-refractivity contribution in [3.05, 3.63) is 48.1 Å². The molecule has 3 N–H and O–H groups in total. The minimum atomic E-state index is -0.783. The highest BCUT2D eigenvalue weighted by Crippen LogP contribution is 2.38. The summed E-state index contributed by atoms with van der Waals surface area (Å²) in [6, 6.07) is 5.63. The van der Waals surface area contributed by atoms with Gasteiger partial charge in [-0.25, -0.2) is 0 Å². The topological polar surface area (TPSA) is 89.4 Å². The van der Waals surface area contributed by atoms with Gasteiger partial charge >= 0.3 is 0 Å². The van der Waals surface area contributed by atoms with Crippen molar-refractivity contribution in [2.75, 3.05) is 38.6 Å². The van der Waals surface area contributed by atoms with Gasteiger partial charge in [0.1, 0.15) is 5.75 Å². The molecule has 2 aliphatic heterocycles. The van der Waals surface area contributed by atoms with Crippen LogP contribution in [0.5, 0.6) is 5.75 Å². The average Bonchev–Trinajstić information content (AvgIpc) is 3.38. The van der Waals surface area contributed by atoms with Crippen LogP contribution < -0.4 is 15.4 Å². The Morgan fingerprint density at radius 1 is 1.31 bits per heavy atom. The van der Waals surface area contributed by atoms with Crippen LogP contribution in [0.15, 0.2) is 47.5 Å². The monoisotopic (exact) mass is 535 g/mol. The van der Waals surface area contributed by atoms with Crippen LogP contribution in [0.25, 0.3) is 0 Å². The van der Waals surface area contributed by atoms with Crippen LogP contribution in [0, 0.1) is 12.8 Å². The molecule has 2 fully saturated rings. The highest BCUT2D eigenvalue weighted by molar-refractivity contribution is 5.87. The molecule has 1 saturated carbocycles. The maximum atomic E-state index is 14.2. The van der Waals surface area contributed by atoms with E-state index < -0.39 is 11.6 Å². The Hall–Kier alpha value is -2.84. The predicted molar refractivity (Wildman–Crippen MR) is 156 cm³/mol. The molecule has 0 bridgehead atoms. The minimum absolute atomic E-state index is 0.0237. The molecule has 1 aromatic carbocycles. The van der Waals surface area contributed by atoms with E-state index in [2.05, 4.69) is 57.7 Å². The first-order valence-electron chi connectivity index (χ1n) is 14.6. The summed E-state index contributed by atoms with van der Waals surface area (Å²) in [7, 11) is 1.69. The van der Waals surface area contributed by atoms with Gasteiger partial charge in [0.2, 0.25) is 5.91 Å². The third kappa shape index (κ3) is 6.02. The number of carbonyl (C=O) groups excluding carboxylic acids is 1. The Labute approximate surface area is 233 Å². The van der Waals surface area contributed by atoms with E-state index in [1.807, 2.05) is 25.4 Å². The third-order valence-corrected chi connectivity index (χ3v) is 9.00. The van der Waals surface area contributed by atoms with Crippen LogP contribution in [-0.2, 0) is 4.79 Å². The van der Waals surface area contributed by atoms with Crippen LogP contribution >= 0.6 is 0 Å². The van der Waals surface area contributed by atoms with Gasteiger partial charge in [0.05, 0.1) is 36.8 Å². The van der Waals surface area contributed by atoms with Gasteiger partial charge < -0.3 is 30.3 Å². The highest BCUT2D eigenvalue weighted by atomic mass is 16.5. The summed E-state index contributed by atoms with van der Waals surface area (Å²) in [6.07, 6.45) is 16.0. The minimum Gasteiger partial charge on any atom is -0.495 e. The summed E-state index contributed by atoms with van der Waals surface area (Å²) < 4.78 is 5.53. The number of methoxy groups -OCH3 is 1. The molecule has 2 unspecified atom stereocenters. The SMILES string of the molecule is COc1ccc(C)cc1NCC[C@@H]1CNCCN1C(=O)C1N=CN([C@@H]2CCCC[C@]2(C)O)C1[C@H]1C=CC=CC1. The largest absolute Gasteiger partial charge is 0.495 e. The number of piperazine rings is 1. The number of aliphatic imine (C=N–C) groups is 1. The van der Waals surface area contributed by atoms with Crippen molar-refractivity contribution in [3.8, 4) is 5.75 Å². The molecule has 1 amide bonds. The number of anilines is 1. The molecular weight excluding hydrogens is 490 g/mol. The molecule has 212 valence electrons. The average molecular weight is 536 g/mol. The van der Waals surface area contributed by atoms with Gasteiger partial charge in [0, 0.05) is 38.1 Å². The normalized spacial score (nSPS) is 32.5. The molecule has 5 rings (SSSR count). The van der Waals surface area contributed by atoms with Crippen LogP contribution in [0.4, 0.5) is 5.69 Å². The van der Waals surface area contributed by atoms with Crippen molar-refractivity contribution < 1.29 is 14.6 Å². The molecule has 4 aliphatic rings. The number of aryl methyl sites for hydroxylation is 1. The molecule has 8 nitrogen and oxygen atoms in total. The molecule has 0 radical (unpaired) electrons. The van der Waals surface area contributed by atoms with Crippen LogP contribution in [0.3, 0.4) is 0 Å². The number of ether oxygens (including phenoxy) is 1. The fraction of sp³-hybridized carbons (Fsp3) is 0.613. The lowest BCUT2D eigenvalue weighted by Crippen LogP contribution is -2.61. The van der Waals surface area contributed by atoms with Crippen LogP contribution in [0.1, 0.15) is 51.0 Å². The molecule has 6 atom stereocenters. The van der Waals surface area contributed by atoms with Crippen molar-refractivity contribution in [1.82, 2.24) is 15.1 Å². The Balaban J connectivity index is 1.31. The van der Waals surface area contributed by atoms with Gasteiger partial charge in [-0.2, -0.15) is 0 Å². The number of benzene rings is 1. The summed E-state index contributed by atoms with van der Waals surface area (Å²) in [5.74, 6) is 1.12. The molecular formula is C31H45N5O3. The maximum Gasteiger partial charge on any atom is 0.249 e. The predicted octanol–water partition coefficient (Wildman–Crippen LogP) is 3.51. The van der Waals surface area contributed by atoms with Gasteiger partial charge in [0.25, 0.3) is 0 Å². The molecule has 2 heterocycles. The fourth-order valence-electron chi connectivity index (χ4n) is 6.86. The number of nitrogens with one attached hydrogen (secondary N) is 2. The number of amides is 1. The second-order valence-electron chi connectivity index (χ2n) is 11.8. The first-order chi connectivity index (χ1) is 18.9. The van der Waals surface area contributed by atoms with E-state index in [9.17, 15) is 9.90 Å². The molecule has 8 heteroatoms. The van der Waals surface area contributed by atoms with Gasteiger partial charge in [0.15, 0.2) is 6.04 Å². The zero-order valence-electron chi connectivity index (χ0n) is 23.7. The molecule has 1 aromatic rings. The molecule has 2 aliphatic carbocycles. The van der Waals surface area contributed by atoms with Gasteiger partial charge in [-0.3, -0.25) is 9.79 Å². The highest BCUT2D eigenvalue weighted by Gasteiger charge is 2.49. The smallest absolute Gasteiger partial charge is 0.249 e. The van der Waals surface area contributed by atoms with Crippen molar-refractivity contribution >= 4 is 17.9 Å². The molecule has 0 aromatic heterocycles. The van der Waals surface area contributed by atoms with E-state index in [0.717, 1.165) is 69.6 Å². The van der Waals surface area contributed by atoms with Crippen molar-refractivity contribution in [2.24, 2.45) is 10.9 Å². The summed E-state index contributed by atoms with van der Waals surface area (Å²) in [4.78, 5) is 23.4. The first kappa shape index (κ1) is 27.7. The first-order valence-corrected chi connectivity index (χ1v) is 14.6. The van der Waals surface area contributed by atoms with Crippen molar-refractivity contribution in [2.45, 2.75) is 82.1 Å². The number of hydrogen-bond donors (Lipinski definition) is 3. The lowest BCUT2D eigenvalue weighted by atomic mass is 9.78. The summed E-state index contributed by atoms with van der Waals surface area (Å²) in [5, 5.41) is 18.3. The van der Waals surface area contributed by atoms with Gasteiger partial charge in [-0.05, 0) is 57.2 Å². The van der Waals surface area contributed by atoms with E-state index in [1.54, 1.807) is 7.11 Å². The lowest BCUT2D eigenvalue weighted by molar-refractivity contribution is -0.137. The number of allylic oxidation sites excluding steroid dienone is 3. The van der Waals surface area contributed by atoms with E-state index in [4.69, 9.17) is 9.73 Å². The number of aliphatic hydroxyl groups is 1. The number of nitrogens with zero attached hydrogens (tertiary/aromatic N) is 3. The third-order valence-electron chi connectivity index (χ3n) is 9.00. The Morgan fingerprint density at radius 3 is 2.95 bits per heavy atom. The van der Waals surface area contributed by atoms with Crippen LogP contribution in [0.2, 0.25) is 0 Å². The zero-order chi connectivity index (χ0) is 27.4. The van der Waals surface area contributed by atoms with Crippen molar-refractivity contribution in [3.63, 3.8) is 0 Å². The fourth-order valence-corrected chi connectivity index (χ4v) is 6.86. The van der Waals surface area contributed by atoms with E-state index in [0.29, 0.717) is 6.54 Å². The number of hydrogen-bond acceptors (Lipinski definition) is 7. The summed E-state index contributed by atoms with van der Waals surface area (Å²) in [6.45, 7) is 7.00. The maximum absolute atomic E-state index is 14.2. The second-order valence-corrected chi connectivity index (χ2v) is 11.8. The van der Waals surface area contributed by atoms with Gasteiger partial charge in [-0.1, -0.05) is 43.2 Å². The molecule has 1 saturated heterocycles. The Kier molecular flexibility index (Phi) is 8.62. The lowest BCUT2D eigenvalue weighted by Gasteiger charge is -2.47. The quantitative estimate of drug-likeness (QED) is 0.472. The molecule has 39 heavy (non-hydrogen) atoms.